The Morgan fingerprint density at radius 2 is 1.96 bits per heavy atom. The Bertz CT molecular complexity index is 926. The third kappa shape index (κ3) is 4.01. The third-order valence-electron chi connectivity index (χ3n) is 5.93. The van der Waals surface area contributed by atoms with Gasteiger partial charge < -0.3 is 15.2 Å². The van der Waals surface area contributed by atoms with Crippen molar-refractivity contribution in [3.05, 3.63) is 41.8 Å². The predicted octanol–water partition coefficient (Wildman–Crippen LogP) is 5.34. The lowest BCUT2D eigenvalue weighted by Crippen LogP contribution is -2.40. The maximum absolute atomic E-state index is 6.35. The van der Waals surface area contributed by atoms with Crippen LogP contribution < -0.4 is 5.32 Å². The first-order valence-electron chi connectivity index (χ1n) is 10.3. The summed E-state index contributed by atoms with van der Waals surface area (Å²) in [6.45, 7) is 6.78. The van der Waals surface area contributed by atoms with Crippen molar-refractivity contribution in [2.45, 2.75) is 51.6 Å². The number of aromatic nitrogens is 3. The number of nitrogens with one attached hydrogen (secondary N) is 2. The molecular weight excluding hydrogens is 370 g/mol. The number of pyridine rings is 2. The molecule has 4 rings (SSSR count). The second-order valence-electron chi connectivity index (χ2n) is 7.54. The Balaban J connectivity index is 1.49. The number of H-pyrrole nitrogens is 1. The molecule has 0 unspecified atom stereocenters. The van der Waals surface area contributed by atoms with Gasteiger partial charge >= 0.3 is 0 Å². The lowest BCUT2D eigenvalue weighted by molar-refractivity contribution is 0.167. The highest BCUT2D eigenvalue weighted by Crippen LogP contribution is 2.32. The van der Waals surface area contributed by atoms with E-state index in [1.807, 2.05) is 18.3 Å². The van der Waals surface area contributed by atoms with Gasteiger partial charge in [-0.05, 0) is 68.6 Å². The van der Waals surface area contributed by atoms with E-state index in [1.54, 1.807) is 6.20 Å². The van der Waals surface area contributed by atoms with Crippen molar-refractivity contribution in [3.63, 3.8) is 0 Å². The van der Waals surface area contributed by atoms with Gasteiger partial charge in [-0.2, -0.15) is 0 Å². The number of fused-ring (bicyclic) bond motifs is 1. The van der Waals surface area contributed by atoms with E-state index in [9.17, 15) is 0 Å². The summed E-state index contributed by atoms with van der Waals surface area (Å²) in [5, 5.41) is 5.23. The number of hydrogen-bond donors (Lipinski definition) is 2. The summed E-state index contributed by atoms with van der Waals surface area (Å²) in [4.78, 5) is 14.7. The molecule has 1 fully saturated rings. The van der Waals surface area contributed by atoms with Gasteiger partial charge in [-0.15, -0.1) is 0 Å². The fourth-order valence-corrected chi connectivity index (χ4v) is 4.66. The molecule has 0 saturated heterocycles. The highest BCUT2D eigenvalue weighted by Gasteiger charge is 2.24. The van der Waals surface area contributed by atoms with Gasteiger partial charge in [0.05, 0.1) is 0 Å². The Morgan fingerprint density at radius 3 is 2.71 bits per heavy atom. The first kappa shape index (κ1) is 19.2. The first-order valence-corrected chi connectivity index (χ1v) is 10.7. The molecular formula is C22H28ClN5. The fraction of sp³-hybridized carbons (Fsp3) is 0.455. The zero-order chi connectivity index (χ0) is 19.5. The Kier molecular flexibility index (Phi) is 5.83. The molecule has 28 heavy (non-hydrogen) atoms. The maximum atomic E-state index is 6.35. The molecule has 0 amide bonds. The summed E-state index contributed by atoms with van der Waals surface area (Å²) < 4.78 is 0. The summed E-state index contributed by atoms with van der Waals surface area (Å²) in [5.74, 6) is 0.854. The van der Waals surface area contributed by atoms with Gasteiger partial charge in [0, 0.05) is 35.4 Å². The van der Waals surface area contributed by atoms with Gasteiger partial charge in [0.25, 0.3) is 0 Å². The van der Waals surface area contributed by atoms with Crippen molar-refractivity contribution in [1.82, 2.24) is 19.9 Å². The molecule has 2 N–H and O–H groups in total. The van der Waals surface area contributed by atoms with Crippen LogP contribution in [0.15, 0.2) is 36.7 Å². The summed E-state index contributed by atoms with van der Waals surface area (Å²) in [5.41, 5.74) is 3.04. The lowest BCUT2D eigenvalue weighted by Gasteiger charge is -2.36. The van der Waals surface area contributed by atoms with Crippen LogP contribution in [0.2, 0.25) is 5.15 Å². The molecule has 6 heteroatoms. The van der Waals surface area contributed by atoms with E-state index < -0.39 is 0 Å². The molecule has 0 atom stereocenters. The lowest BCUT2D eigenvalue weighted by atomic mass is 9.90. The van der Waals surface area contributed by atoms with Crippen LogP contribution in [0.5, 0.6) is 0 Å². The Hall–Kier alpha value is -2.11. The Morgan fingerprint density at radius 1 is 1.18 bits per heavy atom. The van der Waals surface area contributed by atoms with Crippen LogP contribution in [-0.2, 0) is 0 Å². The molecule has 5 nitrogen and oxygen atoms in total. The summed E-state index contributed by atoms with van der Waals surface area (Å²) in [7, 11) is 0. The molecule has 0 aromatic carbocycles. The minimum absolute atomic E-state index is 0.454. The largest absolute Gasteiger partial charge is 0.367 e. The molecule has 3 aromatic rings. The van der Waals surface area contributed by atoms with Crippen molar-refractivity contribution in [1.29, 1.82) is 0 Å². The SMILES string of the molecule is CCN(CC)C1CCC(Nc2cc(-c3c[nH]c4ncccc34)cc(Cl)n2)CC1. The van der Waals surface area contributed by atoms with Crippen molar-refractivity contribution in [2.75, 3.05) is 18.4 Å². The van der Waals surface area contributed by atoms with E-state index in [0.717, 1.165) is 47.1 Å². The molecule has 0 radical (unpaired) electrons. The number of nitrogens with zero attached hydrogens (tertiary/aromatic N) is 3. The second kappa shape index (κ2) is 8.50. The summed E-state index contributed by atoms with van der Waals surface area (Å²) in [6.07, 6.45) is 8.59. The van der Waals surface area contributed by atoms with Crippen molar-refractivity contribution < 1.29 is 0 Å². The van der Waals surface area contributed by atoms with Gasteiger partial charge in [-0.1, -0.05) is 25.4 Å². The molecule has 0 aliphatic heterocycles. The molecule has 1 saturated carbocycles. The number of anilines is 1. The minimum Gasteiger partial charge on any atom is -0.367 e. The molecule has 148 valence electrons. The monoisotopic (exact) mass is 397 g/mol. The van der Waals surface area contributed by atoms with Crippen LogP contribution in [0.4, 0.5) is 5.82 Å². The molecule has 3 heterocycles. The molecule has 0 bridgehead atoms. The van der Waals surface area contributed by atoms with Gasteiger partial charge in [0.2, 0.25) is 0 Å². The minimum atomic E-state index is 0.454. The molecule has 0 spiro atoms. The van der Waals surface area contributed by atoms with E-state index in [2.05, 4.69) is 51.1 Å². The van der Waals surface area contributed by atoms with E-state index in [0.29, 0.717) is 11.2 Å². The van der Waals surface area contributed by atoms with Crippen molar-refractivity contribution in [2.24, 2.45) is 0 Å². The van der Waals surface area contributed by atoms with E-state index >= 15 is 0 Å². The number of halogens is 1. The standard InChI is InChI=1S/C22H28ClN5/c1-3-28(4-2)17-9-7-16(8-10-17)26-21-13-15(12-20(23)27-21)19-14-25-22-18(19)6-5-11-24-22/h5-6,11-14,16-17H,3-4,7-10H2,1-2H3,(H,24,25)(H,26,27). The average molecular weight is 398 g/mol. The first-order chi connectivity index (χ1) is 13.7. The summed E-state index contributed by atoms with van der Waals surface area (Å²) >= 11 is 6.35. The van der Waals surface area contributed by atoms with Gasteiger partial charge in [0.1, 0.15) is 16.6 Å². The third-order valence-corrected chi connectivity index (χ3v) is 6.13. The fourth-order valence-electron chi connectivity index (χ4n) is 4.46. The molecule has 1 aliphatic carbocycles. The average Bonchev–Trinajstić information content (AvgIpc) is 3.14. The quantitative estimate of drug-likeness (QED) is 0.551. The molecule has 1 aliphatic rings. The van der Waals surface area contributed by atoms with Gasteiger partial charge in [-0.25, -0.2) is 9.97 Å². The van der Waals surface area contributed by atoms with Crippen molar-refractivity contribution >= 4 is 28.5 Å². The number of hydrogen-bond acceptors (Lipinski definition) is 4. The normalized spacial score (nSPS) is 20.0. The number of rotatable bonds is 6. The number of aromatic amines is 1. The second-order valence-corrected chi connectivity index (χ2v) is 7.92. The van der Waals surface area contributed by atoms with Crippen LogP contribution in [0.3, 0.4) is 0 Å². The van der Waals surface area contributed by atoms with Crippen LogP contribution in [0.1, 0.15) is 39.5 Å². The van der Waals surface area contributed by atoms with Crippen LogP contribution in [0.25, 0.3) is 22.2 Å². The van der Waals surface area contributed by atoms with Crippen molar-refractivity contribution in [3.8, 4) is 11.1 Å². The van der Waals surface area contributed by atoms with E-state index in [4.69, 9.17) is 11.6 Å². The van der Waals surface area contributed by atoms with Gasteiger partial charge in [-0.3, -0.25) is 0 Å². The molecule has 3 aromatic heterocycles. The highest BCUT2D eigenvalue weighted by atomic mass is 35.5. The van der Waals surface area contributed by atoms with Crippen LogP contribution in [-0.4, -0.2) is 45.0 Å². The Labute approximate surface area is 171 Å². The van der Waals surface area contributed by atoms with E-state index in [-0.39, 0.29) is 0 Å². The highest BCUT2D eigenvalue weighted by molar-refractivity contribution is 6.29. The maximum Gasteiger partial charge on any atom is 0.137 e. The van der Waals surface area contributed by atoms with Crippen LogP contribution >= 0.6 is 11.6 Å². The zero-order valence-electron chi connectivity index (χ0n) is 16.6. The topological polar surface area (TPSA) is 56.8 Å². The van der Waals surface area contributed by atoms with Crippen LogP contribution in [0, 0.1) is 0 Å². The summed E-state index contributed by atoms with van der Waals surface area (Å²) in [6, 6.07) is 9.21. The zero-order valence-corrected chi connectivity index (χ0v) is 17.3. The predicted molar refractivity (Wildman–Crippen MR) is 117 cm³/mol. The smallest absolute Gasteiger partial charge is 0.137 e. The van der Waals surface area contributed by atoms with E-state index in [1.165, 1.54) is 25.7 Å². The van der Waals surface area contributed by atoms with Gasteiger partial charge in [0.15, 0.2) is 0 Å².